The van der Waals surface area contributed by atoms with Crippen LogP contribution in [0.4, 0.5) is 30.6 Å². The number of hydrogen-bond acceptors (Lipinski definition) is 5. The van der Waals surface area contributed by atoms with Gasteiger partial charge in [0.2, 0.25) is 5.95 Å². The van der Waals surface area contributed by atoms with E-state index in [0.717, 1.165) is 25.0 Å². The van der Waals surface area contributed by atoms with Gasteiger partial charge in [0.05, 0.1) is 5.69 Å². The van der Waals surface area contributed by atoms with E-state index in [1.807, 2.05) is 13.0 Å². The lowest BCUT2D eigenvalue weighted by Gasteiger charge is -2.15. The largest absolute Gasteiger partial charge is 0.573 e. The number of ether oxygens (including phenoxy) is 1. The highest BCUT2D eigenvalue weighted by atomic mass is 19.4. The number of nitrogens with zero attached hydrogens (tertiary/aromatic N) is 2. The Labute approximate surface area is 150 Å². The van der Waals surface area contributed by atoms with Crippen LogP contribution in [0, 0.1) is 0 Å². The molecule has 0 bridgehead atoms. The summed E-state index contributed by atoms with van der Waals surface area (Å²) >= 11 is 0. The Morgan fingerprint density at radius 1 is 1.23 bits per heavy atom. The fourth-order valence-electron chi connectivity index (χ4n) is 2.42. The van der Waals surface area contributed by atoms with Gasteiger partial charge in [-0.3, -0.25) is 0 Å². The second-order valence-electron chi connectivity index (χ2n) is 6.43. The van der Waals surface area contributed by atoms with Crippen molar-refractivity contribution in [3.05, 3.63) is 36.0 Å². The number of hydrogen-bond donors (Lipinski definition) is 2. The van der Waals surface area contributed by atoms with E-state index < -0.39 is 6.36 Å². The van der Waals surface area contributed by atoms with Crippen LogP contribution in [0.2, 0.25) is 0 Å². The van der Waals surface area contributed by atoms with Gasteiger partial charge in [-0.05, 0) is 38.3 Å². The molecule has 8 heteroatoms. The standard InChI is InChI=1S/C18H21F3N4O/c1-3-11(2)22-17-24-15(12-7-8-12)10-16(25-17)23-13-5-4-6-14(9-13)26-18(19,20)21/h4-6,9-12H,3,7-8H2,1-2H3,(H2,22,23,24,25)/t11-/m1/s1. The summed E-state index contributed by atoms with van der Waals surface area (Å²) in [6.45, 7) is 4.10. The molecule has 26 heavy (non-hydrogen) atoms. The van der Waals surface area contributed by atoms with E-state index in [0.29, 0.717) is 23.4 Å². The Kier molecular flexibility index (Phi) is 5.20. The maximum atomic E-state index is 12.4. The van der Waals surface area contributed by atoms with Crippen LogP contribution in [0.3, 0.4) is 0 Å². The zero-order chi connectivity index (χ0) is 18.7. The molecule has 2 aromatic rings. The summed E-state index contributed by atoms with van der Waals surface area (Å²) in [5.74, 6) is 1.21. The molecule has 1 fully saturated rings. The number of benzene rings is 1. The molecular formula is C18H21F3N4O. The molecule has 5 nitrogen and oxygen atoms in total. The monoisotopic (exact) mass is 366 g/mol. The first kappa shape index (κ1) is 18.3. The zero-order valence-corrected chi connectivity index (χ0v) is 14.6. The van der Waals surface area contributed by atoms with E-state index in [-0.39, 0.29) is 11.8 Å². The topological polar surface area (TPSA) is 59.1 Å². The highest BCUT2D eigenvalue weighted by Gasteiger charge is 2.31. The lowest BCUT2D eigenvalue weighted by Crippen LogP contribution is -2.17. The predicted octanol–water partition coefficient (Wildman–Crippen LogP) is 5.21. The fraction of sp³-hybridized carbons (Fsp3) is 0.444. The average Bonchev–Trinajstić information content (AvgIpc) is 3.38. The van der Waals surface area contributed by atoms with Gasteiger partial charge < -0.3 is 15.4 Å². The smallest absolute Gasteiger partial charge is 0.406 e. The molecule has 1 saturated carbocycles. The maximum absolute atomic E-state index is 12.4. The number of rotatable bonds is 7. The van der Waals surface area contributed by atoms with Crippen molar-refractivity contribution >= 4 is 17.5 Å². The van der Waals surface area contributed by atoms with Crippen LogP contribution < -0.4 is 15.4 Å². The van der Waals surface area contributed by atoms with E-state index in [4.69, 9.17) is 0 Å². The molecule has 0 radical (unpaired) electrons. The molecule has 0 saturated heterocycles. The Morgan fingerprint density at radius 3 is 2.65 bits per heavy atom. The first-order chi connectivity index (χ1) is 12.3. The van der Waals surface area contributed by atoms with Gasteiger partial charge in [0, 0.05) is 29.8 Å². The quantitative estimate of drug-likeness (QED) is 0.705. The first-order valence-corrected chi connectivity index (χ1v) is 8.60. The molecule has 1 aromatic carbocycles. The third-order valence-electron chi connectivity index (χ3n) is 4.07. The highest BCUT2D eigenvalue weighted by Crippen LogP contribution is 2.40. The minimum absolute atomic E-state index is 0.223. The van der Waals surface area contributed by atoms with Crippen molar-refractivity contribution in [3.63, 3.8) is 0 Å². The fourth-order valence-corrected chi connectivity index (χ4v) is 2.42. The van der Waals surface area contributed by atoms with E-state index in [1.54, 1.807) is 6.07 Å². The van der Waals surface area contributed by atoms with Gasteiger partial charge in [-0.1, -0.05) is 13.0 Å². The molecule has 2 N–H and O–H groups in total. The number of halogens is 3. The van der Waals surface area contributed by atoms with E-state index in [9.17, 15) is 13.2 Å². The SMILES string of the molecule is CC[C@@H](C)Nc1nc(Nc2cccc(OC(F)(F)F)c2)cc(C2CC2)n1. The van der Waals surface area contributed by atoms with Gasteiger partial charge in [0.15, 0.2) is 0 Å². The maximum Gasteiger partial charge on any atom is 0.573 e. The van der Waals surface area contributed by atoms with Crippen molar-refractivity contribution in [2.75, 3.05) is 10.6 Å². The summed E-state index contributed by atoms with van der Waals surface area (Å²) in [4.78, 5) is 8.99. The lowest BCUT2D eigenvalue weighted by atomic mass is 10.2. The molecular weight excluding hydrogens is 345 g/mol. The number of alkyl halides is 3. The van der Waals surface area contributed by atoms with Crippen LogP contribution in [0.5, 0.6) is 5.75 Å². The van der Waals surface area contributed by atoms with Crippen LogP contribution in [0.15, 0.2) is 30.3 Å². The van der Waals surface area contributed by atoms with Crippen molar-refractivity contribution in [2.24, 2.45) is 0 Å². The van der Waals surface area contributed by atoms with Gasteiger partial charge >= 0.3 is 6.36 Å². The molecule has 1 atom stereocenters. The molecule has 140 valence electrons. The molecule has 0 spiro atoms. The molecule has 0 aliphatic heterocycles. The number of anilines is 3. The molecule has 0 unspecified atom stereocenters. The summed E-state index contributed by atoms with van der Waals surface area (Å²) in [5.41, 5.74) is 1.40. The zero-order valence-electron chi connectivity index (χ0n) is 14.6. The first-order valence-electron chi connectivity index (χ1n) is 8.60. The van der Waals surface area contributed by atoms with Gasteiger partial charge in [0.1, 0.15) is 11.6 Å². The van der Waals surface area contributed by atoms with Crippen molar-refractivity contribution < 1.29 is 17.9 Å². The average molecular weight is 366 g/mol. The number of nitrogens with one attached hydrogen (secondary N) is 2. The van der Waals surface area contributed by atoms with Crippen molar-refractivity contribution in [1.29, 1.82) is 0 Å². The van der Waals surface area contributed by atoms with Crippen LogP contribution in [-0.2, 0) is 0 Å². The summed E-state index contributed by atoms with van der Waals surface area (Å²) in [7, 11) is 0. The predicted molar refractivity (Wildman–Crippen MR) is 93.8 cm³/mol. The van der Waals surface area contributed by atoms with Gasteiger partial charge in [0.25, 0.3) is 0 Å². The Bertz CT molecular complexity index is 762. The molecule has 1 aliphatic carbocycles. The van der Waals surface area contributed by atoms with Gasteiger partial charge in [-0.25, -0.2) is 4.98 Å². The molecule has 1 aliphatic rings. The van der Waals surface area contributed by atoms with Crippen LogP contribution in [-0.4, -0.2) is 22.4 Å². The molecule has 3 rings (SSSR count). The second-order valence-corrected chi connectivity index (χ2v) is 6.43. The van der Waals surface area contributed by atoms with Gasteiger partial charge in [-0.2, -0.15) is 4.98 Å². The van der Waals surface area contributed by atoms with E-state index in [1.165, 1.54) is 18.2 Å². The molecule has 1 aromatic heterocycles. The summed E-state index contributed by atoms with van der Waals surface area (Å²) in [5, 5.41) is 6.29. The van der Waals surface area contributed by atoms with Crippen molar-refractivity contribution in [3.8, 4) is 5.75 Å². The second kappa shape index (κ2) is 7.39. The minimum Gasteiger partial charge on any atom is -0.406 e. The third-order valence-corrected chi connectivity index (χ3v) is 4.07. The van der Waals surface area contributed by atoms with E-state index >= 15 is 0 Å². The van der Waals surface area contributed by atoms with Crippen molar-refractivity contribution in [1.82, 2.24) is 9.97 Å². The lowest BCUT2D eigenvalue weighted by molar-refractivity contribution is -0.274. The summed E-state index contributed by atoms with van der Waals surface area (Å²) in [6, 6.07) is 7.75. The Hall–Kier alpha value is -2.51. The summed E-state index contributed by atoms with van der Waals surface area (Å²) in [6.07, 6.45) is -1.61. The van der Waals surface area contributed by atoms with E-state index in [2.05, 4.69) is 32.3 Å². The Morgan fingerprint density at radius 2 is 2.00 bits per heavy atom. The van der Waals surface area contributed by atoms with Gasteiger partial charge in [-0.15, -0.1) is 13.2 Å². The Balaban J connectivity index is 1.81. The van der Waals surface area contributed by atoms with Crippen LogP contribution in [0.1, 0.15) is 44.7 Å². The molecule has 1 heterocycles. The highest BCUT2D eigenvalue weighted by molar-refractivity contribution is 5.59. The van der Waals surface area contributed by atoms with Crippen LogP contribution in [0.25, 0.3) is 0 Å². The van der Waals surface area contributed by atoms with Crippen LogP contribution >= 0.6 is 0 Å². The molecule has 0 amide bonds. The summed E-state index contributed by atoms with van der Waals surface area (Å²) < 4.78 is 41.1. The number of aromatic nitrogens is 2. The van der Waals surface area contributed by atoms with Crippen molar-refractivity contribution in [2.45, 2.75) is 51.4 Å². The third kappa shape index (κ3) is 5.24. The normalized spacial score (nSPS) is 15.4. The minimum atomic E-state index is -4.72.